The van der Waals surface area contributed by atoms with Crippen LogP contribution in [0.4, 0.5) is 0 Å². The zero-order valence-corrected chi connectivity index (χ0v) is 52.6. The molecule has 11 amide bonds. The molecule has 3 aromatic rings. The van der Waals surface area contributed by atoms with Gasteiger partial charge in [-0.2, -0.15) is 0 Å². The number of nitrogens with two attached hydrogens (primary N) is 4. The normalized spacial score (nSPS) is 24.7. The summed E-state index contributed by atoms with van der Waals surface area (Å²) in [5, 5.41) is 47.2. The number of amides is 11. The van der Waals surface area contributed by atoms with Crippen LogP contribution in [0.3, 0.4) is 0 Å². The van der Waals surface area contributed by atoms with Gasteiger partial charge in [-0.25, -0.2) is 0 Å². The maximum Gasteiger partial charge on any atom is 0.246 e. The van der Waals surface area contributed by atoms with E-state index in [1.807, 2.05) is 0 Å². The summed E-state index contributed by atoms with van der Waals surface area (Å²) >= 11 is 0. The van der Waals surface area contributed by atoms with E-state index in [0.29, 0.717) is 34.1 Å². The molecule has 0 spiro atoms. The summed E-state index contributed by atoms with van der Waals surface area (Å²) in [6, 6.07) is 3.13. The van der Waals surface area contributed by atoms with Crippen molar-refractivity contribution in [3.63, 3.8) is 0 Å². The van der Waals surface area contributed by atoms with E-state index in [0.717, 1.165) is 9.80 Å². The maximum absolute atomic E-state index is 15.3. The van der Waals surface area contributed by atoms with Gasteiger partial charge in [-0.3, -0.25) is 67.7 Å². The second kappa shape index (κ2) is 34.6. The number of β-amino-alcohol motifs (C(OH)–C–C–N with tert-alkyl or cyclic N) is 2. The smallest absolute Gasteiger partial charge is 0.246 e. The van der Waals surface area contributed by atoms with Gasteiger partial charge in [0, 0.05) is 121 Å². The van der Waals surface area contributed by atoms with Gasteiger partial charge in [0.2, 0.25) is 65.0 Å². The van der Waals surface area contributed by atoms with Gasteiger partial charge < -0.3 is 95.8 Å². The van der Waals surface area contributed by atoms with E-state index in [9.17, 15) is 48.6 Å². The van der Waals surface area contributed by atoms with Crippen LogP contribution < -0.4 is 70.8 Å². The number of guanidine groups is 2. The molecule has 32 nitrogen and oxygen atoms in total. The number of nitrogens with zero attached hydrogens (tertiary/aromatic N) is 5. The third-order valence-electron chi connectivity index (χ3n) is 16.5. The highest BCUT2D eigenvalue weighted by Crippen LogP contribution is 2.28. The Labute approximate surface area is 542 Å². The molecule has 0 saturated carbocycles. The summed E-state index contributed by atoms with van der Waals surface area (Å²) < 4.78 is 0. The van der Waals surface area contributed by atoms with E-state index in [-0.39, 0.29) is 122 Å². The summed E-state index contributed by atoms with van der Waals surface area (Å²) in [5.74, 6) is -9.02. The quantitative estimate of drug-likeness (QED) is 0.0288. The number of likely N-dealkylation sites (tertiary alicyclic amines) is 2. The summed E-state index contributed by atoms with van der Waals surface area (Å²) in [4.78, 5) is 175. The first-order valence-electron chi connectivity index (χ1n) is 31.4. The Morgan fingerprint density at radius 2 is 1.30 bits per heavy atom. The van der Waals surface area contributed by atoms with E-state index in [4.69, 9.17) is 22.9 Å². The Morgan fingerprint density at radius 1 is 0.702 bits per heavy atom. The van der Waals surface area contributed by atoms with Gasteiger partial charge in [0.25, 0.3) is 0 Å². The number of benzene rings is 2. The van der Waals surface area contributed by atoms with Gasteiger partial charge in [-0.05, 0) is 62.1 Å². The maximum atomic E-state index is 15.3. The fourth-order valence-corrected chi connectivity index (χ4v) is 11.8. The number of hydrogen-bond acceptors (Lipinski definition) is 16. The number of aliphatic hydroxyl groups is 2. The van der Waals surface area contributed by atoms with Crippen LogP contribution in [0.25, 0.3) is 10.9 Å². The molecule has 94 heavy (non-hydrogen) atoms. The minimum Gasteiger partial charge on any atom is -0.391 e. The molecule has 1 aromatic heterocycles. The topological polar surface area (TPSA) is 500 Å². The number of hydrogen-bond donors (Lipinski definition) is 16. The van der Waals surface area contributed by atoms with Crippen LogP contribution >= 0.6 is 0 Å². The third-order valence-corrected chi connectivity index (χ3v) is 16.5. The molecule has 3 saturated heterocycles. The van der Waals surface area contributed by atoms with Crippen LogP contribution in [-0.2, 0) is 65.6 Å². The van der Waals surface area contributed by atoms with Crippen molar-refractivity contribution in [2.24, 2.45) is 37.9 Å². The fourth-order valence-electron chi connectivity index (χ4n) is 11.8. The zero-order valence-electron chi connectivity index (χ0n) is 52.6. The molecule has 0 radical (unpaired) electrons. The lowest BCUT2D eigenvalue weighted by Crippen LogP contribution is -2.61. The molecule has 20 N–H and O–H groups in total. The number of H-pyrrole nitrogens is 1. The third kappa shape index (κ3) is 20.8. The first-order chi connectivity index (χ1) is 45.0. The molecule has 4 aliphatic heterocycles. The minimum atomic E-state index is -1.56. The fraction of sp³-hybridized carbons (Fsp3) is 0.516. The minimum absolute atomic E-state index is 0.00330. The number of para-hydroxylation sites is 1. The van der Waals surface area contributed by atoms with Crippen LogP contribution in [0.5, 0.6) is 0 Å². The summed E-state index contributed by atoms with van der Waals surface area (Å²) in [7, 11) is 1.37. The molecule has 0 bridgehead atoms. The highest BCUT2D eigenvalue weighted by atomic mass is 16.3. The van der Waals surface area contributed by atoms with Crippen molar-refractivity contribution in [2.45, 2.75) is 163 Å². The Hall–Kier alpha value is -9.98. The van der Waals surface area contributed by atoms with Crippen molar-refractivity contribution in [1.29, 1.82) is 0 Å². The summed E-state index contributed by atoms with van der Waals surface area (Å²) in [6.07, 6.45) is 1.32. The predicted molar refractivity (Wildman–Crippen MR) is 345 cm³/mol. The first-order valence-corrected chi connectivity index (χ1v) is 31.4. The Bertz CT molecular complexity index is 3350. The van der Waals surface area contributed by atoms with Crippen LogP contribution in [0.15, 0.2) is 87.5 Å². The van der Waals surface area contributed by atoms with E-state index < -0.39 is 138 Å². The molecular formula is C62H87N19O13. The number of fused-ring (bicyclic) bond motifs is 1. The first kappa shape index (κ1) is 71.5. The number of nitrogens with one attached hydrogen (secondary N) is 10. The van der Waals surface area contributed by atoms with Crippen LogP contribution in [0.1, 0.15) is 95.1 Å². The second-order valence-corrected chi connectivity index (χ2v) is 23.7. The number of aliphatic hydroxyl groups excluding tert-OH is 2. The predicted octanol–water partition coefficient (Wildman–Crippen LogP) is -4.42. The van der Waals surface area contributed by atoms with Crippen molar-refractivity contribution in [1.82, 2.24) is 62.6 Å². The van der Waals surface area contributed by atoms with E-state index >= 15 is 14.4 Å². The largest absolute Gasteiger partial charge is 0.391 e. The average molecular weight is 1310 g/mol. The molecular weight excluding hydrogens is 1220 g/mol. The number of aromatic amines is 1. The molecule has 3 fully saturated rings. The van der Waals surface area contributed by atoms with Gasteiger partial charge in [0.15, 0.2) is 11.9 Å². The number of aliphatic imine (C=N–C) groups is 3. The molecule has 5 heterocycles. The standard InChI is InChI=1S/C62H87N19O13/c1-34(82)73-44-20-21-51(85)69-23-11-19-45(59(93)81-33-39(84)30-50(81)60(94)80-32-38(83)29-49(80)58(92)75-42(52(86)67-2)17-9-24-70-61(63)64)76-56(90)47(27-36-31-72-41-16-7-6-15-40(36)41)78-53(87)43(18-10-25-71-62(65)66)74-55(89)46(26-35-12-4-3-5-13-35)77-57(91)48(79-54(44)88)28-37-14-8-22-68-37/h3-7,12-16,22,31,38-39,42-50,72,83-84H,8-11,17-21,23-30,32-33H2,1-2H3,(H,67,86)(H,69,85)(H,73,82)(H,74,89)(H,75,92)(H,76,90)(H,77,91)(H,78,87)(H,79,88)(H4,63,64,70)(H4,65,66,71)/t38-,39-,42+,43+,44+,45+,46-,47+,48+,49+,50+/m1/s1. The number of carbonyl (C=O) groups excluding carboxylic acids is 11. The monoisotopic (exact) mass is 1310 g/mol. The SMILES string of the molecule is CNC(=O)[C@H](CCCN=C(N)N)NC(=O)[C@@H]1C[C@@H](O)CN1C(=O)[C@@H]1C[C@@H](O)CN1C(=O)[C@@H]1CCCNC(=O)CC[C@H](NC(C)=O)C(=O)N[C@@H](CC2=CCC=N2)C(=O)N[C@H](Cc2ccccc2)C(=O)N[C@@H](CCCN=C(N)N)C(=O)N[C@@H](Cc2c[nH]c3ccccc23)C(=O)N1. The highest BCUT2D eigenvalue weighted by molar-refractivity contribution is 6.00. The second-order valence-electron chi connectivity index (χ2n) is 23.7. The van der Waals surface area contributed by atoms with Gasteiger partial charge in [-0.15, -0.1) is 0 Å². The Kier molecular flexibility index (Phi) is 26.3. The number of allylic oxidation sites excluding steroid dienone is 1. The molecule has 7 rings (SSSR count). The van der Waals surface area contributed by atoms with E-state index in [1.54, 1.807) is 73.1 Å². The number of rotatable bonds is 20. The molecule has 0 unspecified atom stereocenters. The lowest BCUT2D eigenvalue weighted by atomic mass is 10.0. The van der Waals surface area contributed by atoms with Crippen molar-refractivity contribution < 1.29 is 63.0 Å². The molecule has 11 atom stereocenters. The van der Waals surface area contributed by atoms with E-state index in [1.165, 1.54) is 14.0 Å². The average Bonchev–Trinajstić information content (AvgIpc) is 1.63. The molecule has 32 heteroatoms. The van der Waals surface area contributed by atoms with Gasteiger partial charge in [-0.1, -0.05) is 54.6 Å². The Balaban J connectivity index is 1.25. The molecule has 2 aromatic carbocycles. The zero-order chi connectivity index (χ0) is 68.0. The lowest BCUT2D eigenvalue weighted by Gasteiger charge is -2.33. The lowest BCUT2D eigenvalue weighted by molar-refractivity contribution is -0.148. The van der Waals surface area contributed by atoms with Crippen LogP contribution in [-0.4, -0.2) is 214 Å². The van der Waals surface area contributed by atoms with Crippen molar-refractivity contribution in [3.8, 4) is 0 Å². The number of likely N-dealkylation sites (N-methyl/N-ethyl adjacent to an activating group) is 1. The van der Waals surface area contributed by atoms with Crippen molar-refractivity contribution in [3.05, 3.63) is 83.7 Å². The summed E-state index contributed by atoms with van der Waals surface area (Å²) in [5.41, 5.74) is 24.5. The molecule has 4 aliphatic rings. The summed E-state index contributed by atoms with van der Waals surface area (Å²) in [6.45, 7) is 0.382. The van der Waals surface area contributed by atoms with Gasteiger partial charge in [0.1, 0.15) is 54.4 Å². The van der Waals surface area contributed by atoms with Gasteiger partial charge >= 0.3 is 0 Å². The molecule has 508 valence electrons. The van der Waals surface area contributed by atoms with Crippen molar-refractivity contribution >= 4 is 94.0 Å². The van der Waals surface area contributed by atoms with Gasteiger partial charge in [0.05, 0.1) is 12.2 Å². The Morgan fingerprint density at radius 3 is 1.96 bits per heavy atom. The number of carbonyl (C=O) groups is 11. The molecule has 0 aliphatic carbocycles. The van der Waals surface area contributed by atoms with Crippen molar-refractivity contribution in [2.75, 3.05) is 39.8 Å². The highest BCUT2D eigenvalue weighted by Gasteiger charge is 2.48. The number of aromatic nitrogens is 1. The van der Waals surface area contributed by atoms with Crippen LogP contribution in [0.2, 0.25) is 0 Å². The van der Waals surface area contributed by atoms with Crippen LogP contribution in [0, 0.1) is 0 Å². The van der Waals surface area contributed by atoms with E-state index in [2.05, 4.69) is 67.8 Å².